The second-order valence-electron chi connectivity index (χ2n) is 6.56. The molecule has 0 saturated heterocycles. The maximum Gasteiger partial charge on any atom is 0.139 e. The molecule has 0 bridgehead atoms. The molecule has 2 atom stereocenters. The summed E-state index contributed by atoms with van der Waals surface area (Å²) < 4.78 is 0.763. The number of carbonyl (C=O) groups excluding carboxylic acids is 1. The van der Waals surface area contributed by atoms with Crippen molar-refractivity contribution in [2.75, 3.05) is 0 Å². The Balaban J connectivity index is 1.97. The average Bonchev–Trinajstić information content (AvgIpc) is 2.78. The predicted molar refractivity (Wildman–Crippen MR) is 86.7 cm³/mol. The van der Waals surface area contributed by atoms with E-state index in [1.54, 1.807) is 6.07 Å². The highest BCUT2D eigenvalue weighted by Gasteiger charge is 2.49. The van der Waals surface area contributed by atoms with Gasteiger partial charge >= 0.3 is 0 Å². The lowest BCUT2D eigenvalue weighted by molar-refractivity contribution is -0.126. The number of hydrogen-bond acceptors (Lipinski definition) is 2. The summed E-state index contributed by atoms with van der Waals surface area (Å²) in [4.78, 5) is 12.3. The lowest BCUT2D eigenvalue weighted by Crippen LogP contribution is -2.32. The van der Waals surface area contributed by atoms with Gasteiger partial charge in [0.1, 0.15) is 11.5 Å². The number of halogens is 1. The Hall–Kier alpha value is -1.35. The molecular formula is C18H17BrO2. The van der Waals surface area contributed by atoms with E-state index in [-0.39, 0.29) is 11.2 Å². The number of Topliss-reactive ketones (excluding diaryl/α,β-unsaturated/α-hetero) is 1. The van der Waals surface area contributed by atoms with Crippen LogP contribution in [0.25, 0.3) is 10.8 Å². The van der Waals surface area contributed by atoms with Gasteiger partial charge in [-0.25, -0.2) is 0 Å². The number of rotatable bonds is 0. The first-order valence-electron chi connectivity index (χ1n) is 7.48. The number of aromatic hydroxyl groups is 1. The first-order chi connectivity index (χ1) is 10.0. The van der Waals surface area contributed by atoms with Gasteiger partial charge in [-0.3, -0.25) is 4.79 Å². The van der Waals surface area contributed by atoms with Gasteiger partial charge < -0.3 is 5.11 Å². The molecule has 2 nitrogen and oxygen atoms in total. The van der Waals surface area contributed by atoms with Crippen molar-refractivity contribution in [3.8, 4) is 5.75 Å². The number of carbonyl (C=O) groups is 1. The smallest absolute Gasteiger partial charge is 0.139 e. The molecule has 2 aliphatic carbocycles. The van der Waals surface area contributed by atoms with Gasteiger partial charge in [0.15, 0.2) is 0 Å². The van der Waals surface area contributed by atoms with Crippen LogP contribution >= 0.6 is 15.9 Å². The van der Waals surface area contributed by atoms with Crippen molar-refractivity contribution < 1.29 is 9.90 Å². The maximum atomic E-state index is 12.3. The van der Waals surface area contributed by atoms with E-state index in [9.17, 15) is 9.90 Å². The standard InChI is InChI=1S/C18H17BrO2/c1-18-9-8-11-10-4-6-15(20)17(19)13(10)3-2-12(11)14(18)5-7-16(18)21/h2-4,6,14,20H,5,7-9H2,1H3/t14-,18-/m0/s1. The Labute approximate surface area is 132 Å². The first kappa shape index (κ1) is 13.3. The molecular weight excluding hydrogens is 328 g/mol. The fraction of sp³-hybridized carbons (Fsp3) is 0.389. The maximum absolute atomic E-state index is 12.3. The molecule has 21 heavy (non-hydrogen) atoms. The van der Waals surface area contributed by atoms with E-state index in [1.807, 2.05) is 6.07 Å². The second kappa shape index (κ2) is 4.33. The van der Waals surface area contributed by atoms with E-state index in [4.69, 9.17) is 0 Å². The van der Waals surface area contributed by atoms with E-state index in [1.165, 1.54) is 16.5 Å². The summed E-state index contributed by atoms with van der Waals surface area (Å²) in [6, 6.07) is 8.00. The average molecular weight is 345 g/mol. The Morgan fingerprint density at radius 1 is 1.19 bits per heavy atom. The third kappa shape index (κ3) is 1.67. The molecule has 1 saturated carbocycles. The molecule has 0 aliphatic heterocycles. The van der Waals surface area contributed by atoms with Crippen molar-refractivity contribution in [3.05, 3.63) is 39.9 Å². The summed E-state index contributed by atoms with van der Waals surface area (Å²) in [5.74, 6) is 1.08. The van der Waals surface area contributed by atoms with Crippen LogP contribution < -0.4 is 0 Å². The van der Waals surface area contributed by atoms with E-state index in [2.05, 4.69) is 35.0 Å². The van der Waals surface area contributed by atoms with Crippen molar-refractivity contribution >= 4 is 32.5 Å². The van der Waals surface area contributed by atoms with Crippen LogP contribution in [0.4, 0.5) is 0 Å². The molecule has 0 spiro atoms. The summed E-state index contributed by atoms with van der Waals surface area (Å²) in [6.07, 6.45) is 3.59. The van der Waals surface area contributed by atoms with Gasteiger partial charge in [0.05, 0.1) is 4.47 Å². The molecule has 2 aliphatic rings. The molecule has 108 valence electrons. The third-order valence-corrected chi connectivity index (χ3v) is 6.43. The van der Waals surface area contributed by atoms with Crippen LogP contribution in [0.5, 0.6) is 5.75 Å². The summed E-state index contributed by atoms with van der Waals surface area (Å²) in [5, 5.41) is 12.1. The Morgan fingerprint density at radius 3 is 2.76 bits per heavy atom. The number of phenols is 1. The lowest BCUT2D eigenvalue weighted by atomic mass is 9.66. The minimum absolute atomic E-state index is 0.158. The molecule has 0 amide bonds. The van der Waals surface area contributed by atoms with Crippen molar-refractivity contribution in [1.82, 2.24) is 0 Å². The van der Waals surface area contributed by atoms with Crippen molar-refractivity contribution in [2.45, 2.75) is 38.5 Å². The third-order valence-electron chi connectivity index (χ3n) is 5.60. The quantitative estimate of drug-likeness (QED) is 0.751. The first-order valence-corrected chi connectivity index (χ1v) is 8.28. The molecule has 2 aromatic carbocycles. The molecule has 4 rings (SSSR count). The van der Waals surface area contributed by atoms with Crippen LogP contribution in [0.2, 0.25) is 0 Å². The molecule has 0 radical (unpaired) electrons. The molecule has 0 aromatic heterocycles. The molecule has 0 unspecified atom stereocenters. The van der Waals surface area contributed by atoms with Crippen LogP contribution in [0.3, 0.4) is 0 Å². The van der Waals surface area contributed by atoms with Crippen molar-refractivity contribution in [1.29, 1.82) is 0 Å². The Bertz CT molecular complexity index is 780. The predicted octanol–water partition coefficient (Wildman–Crippen LogP) is 4.71. The van der Waals surface area contributed by atoms with Crippen LogP contribution in [-0.4, -0.2) is 10.9 Å². The summed E-state index contributed by atoms with van der Waals surface area (Å²) in [5.41, 5.74) is 2.56. The normalized spacial score (nSPS) is 27.7. The van der Waals surface area contributed by atoms with Crippen LogP contribution in [-0.2, 0) is 11.2 Å². The van der Waals surface area contributed by atoms with Crippen LogP contribution in [0, 0.1) is 5.41 Å². The summed E-state index contributed by atoms with van der Waals surface area (Å²) in [7, 11) is 0. The Kier molecular flexibility index (Phi) is 2.74. The minimum atomic E-state index is -0.158. The highest BCUT2D eigenvalue weighted by molar-refractivity contribution is 9.10. The van der Waals surface area contributed by atoms with E-state index < -0.39 is 0 Å². The van der Waals surface area contributed by atoms with Crippen LogP contribution in [0.1, 0.15) is 43.2 Å². The van der Waals surface area contributed by atoms with Crippen molar-refractivity contribution in [3.63, 3.8) is 0 Å². The highest BCUT2D eigenvalue weighted by Crippen LogP contribution is 2.54. The fourth-order valence-electron chi connectivity index (χ4n) is 4.31. The van der Waals surface area contributed by atoms with Crippen molar-refractivity contribution in [2.24, 2.45) is 5.41 Å². The number of hydrogen-bond donors (Lipinski definition) is 1. The second-order valence-corrected chi connectivity index (χ2v) is 7.35. The number of fused-ring (bicyclic) bond motifs is 5. The zero-order valence-electron chi connectivity index (χ0n) is 11.9. The summed E-state index contributed by atoms with van der Waals surface area (Å²) in [6.45, 7) is 2.15. The Morgan fingerprint density at radius 2 is 1.95 bits per heavy atom. The molecule has 1 fully saturated rings. The molecule has 1 N–H and O–H groups in total. The molecule has 2 aromatic rings. The largest absolute Gasteiger partial charge is 0.507 e. The van der Waals surface area contributed by atoms with Gasteiger partial charge in [-0.05, 0) is 69.1 Å². The zero-order valence-corrected chi connectivity index (χ0v) is 13.5. The van der Waals surface area contributed by atoms with Gasteiger partial charge in [-0.15, -0.1) is 0 Å². The zero-order chi connectivity index (χ0) is 14.8. The summed E-state index contributed by atoms with van der Waals surface area (Å²) >= 11 is 3.48. The number of benzene rings is 2. The van der Waals surface area contributed by atoms with Gasteiger partial charge in [0, 0.05) is 11.8 Å². The fourth-order valence-corrected chi connectivity index (χ4v) is 4.79. The molecule has 0 heterocycles. The number of ketones is 1. The van der Waals surface area contributed by atoms with Crippen LogP contribution in [0.15, 0.2) is 28.7 Å². The molecule has 3 heteroatoms. The lowest BCUT2D eigenvalue weighted by Gasteiger charge is -2.37. The highest BCUT2D eigenvalue weighted by atomic mass is 79.9. The van der Waals surface area contributed by atoms with E-state index in [0.717, 1.165) is 35.5 Å². The monoisotopic (exact) mass is 344 g/mol. The van der Waals surface area contributed by atoms with E-state index >= 15 is 0 Å². The van der Waals surface area contributed by atoms with Gasteiger partial charge in [-0.2, -0.15) is 0 Å². The SMILES string of the molecule is C[C@]12CCc3c(ccc4c(Br)c(O)ccc34)[C@@H]1CCC2=O. The number of aryl methyl sites for hydroxylation is 1. The topological polar surface area (TPSA) is 37.3 Å². The van der Waals surface area contributed by atoms with Gasteiger partial charge in [0.25, 0.3) is 0 Å². The van der Waals surface area contributed by atoms with Gasteiger partial charge in [-0.1, -0.05) is 25.1 Å². The van der Waals surface area contributed by atoms with E-state index in [0.29, 0.717) is 11.7 Å². The minimum Gasteiger partial charge on any atom is -0.507 e. The number of phenolic OH excluding ortho intramolecular Hbond substituents is 1. The van der Waals surface area contributed by atoms with Gasteiger partial charge in [0.2, 0.25) is 0 Å².